The van der Waals surface area contributed by atoms with E-state index >= 15 is 0 Å². The number of nitrogens with zero attached hydrogens (tertiary/aromatic N) is 4. The maximum absolute atomic E-state index is 14.4. The fourth-order valence-electron chi connectivity index (χ4n) is 3.90. The summed E-state index contributed by atoms with van der Waals surface area (Å²) in [4.78, 5) is 26.7. The van der Waals surface area contributed by atoms with E-state index in [0.717, 1.165) is 23.0 Å². The van der Waals surface area contributed by atoms with Crippen molar-refractivity contribution in [2.24, 2.45) is 0 Å². The van der Waals surface area contributed by atoms with Gasteiger partial charge in [0.2, 0.25) is 0 Å². The van der Waals surface area contributed by atoms with Gasteiger partial charge in [0.05, 0.1) is 21.5 Å². The number of hydrogen-bond donors (Lipinski definition) is 0. The number of para-hydroxylation sites is 1. The first-order chi connectivity index (χ1) is 16.9. The standard InChI is InChI=1S/C27H22F2N4OS.ClH/c1-32(2)12-13-33(27-31-25-21(29)14-18(28)15-24(25)35-27)26(34)20-16-23(17-8-4-3-5-9-17)30-22-11-7-6-10-19(20)22;/h3-11,14-16H,12-13H2,1-2H3;1H. The van der Waals surface area contributed by atoms with E-state index in [1.54, 1.807) is 11.0 Å². The first-order valence-electron chi connectivity index (χ1n) is 11.1. The van der Waals surface area contributed by atoms with Crippen LogP contribution in [0.3, 0.4) is 0 Å². The van der Waals surface area contributed by atoms with Crippen LogP contribution in [0.5, 0.6) is 0 Å². The van der Waals surface area contributed by atoms with Crippen LogP contribution in [-0.4, -0.2) is 48.0 Å². The number of likely N-dealkylation sites (N-methyl/N-ethyl adjacent to an activating group) is 1. The number of amides is 1. The molecule has 5 nitrogen and oxygen atoms in total. The molecule has 2 aromatic heterocycles. The van der Waals surface area contributed by atoms with Gasteiger partial charge in [-0.15, -0.1) is 12.4 Å². The third-order valence-electron chi connectivity index (χ3n) is 5.66. The Morgan fingerprint density at radius 2 is 1.64 bits per heavy atom. The minimum Gasteiger partial charge on any atom is -0.308 e. The second-order valence-corrected chi connectivity index (χ2v) is 9.44. The second-order valence-electron chi connectivity index (χ2n) is 8.43. The second kappa shape index (κ2) is 10.7. The van der Waals surface area contributed by atoms with Crippen LogP contribution in [0, 0.1) is 11.6 Å². The van der Waals surface area contributed by atoms with Gasteiger partial charge >= 0.3 is 0 Å². The number of carbonyl (C=O) groups excluding carboxylic acids is 1. The molecule has 5 aromatic rings. The van der Waals surface area contributed by atoms with E-state index in [4.69, 9.17) is 4.98 Å². The van der Waals surface area contributed by atoms with Crippen LogP contribution < -0.4 is 4.90 Å². The van der Waals surface area contributed by atoms with E-state index in [1.807, 2.05) is 73.6 Å². The topological polar surface area (TPSA) is 49.3 Å². The molecule has 0 aliphatic heterocycles. The van der Waals surface area contributed by atoms with Crippen molar-refractivity contribution < 1.29 is 13.6 Å². The molecule has 0 saturated carbocycles. The number of anilines is 1. The minimum absolute atomic E-state index is 0. The Morgan fingerprint density at radius 1 is 0.917 bits per heavy atom. The van der Waals surface area contributed by atoms with Crippen molar-refractivity contribution in [2.75, 3.05) is 32.1 Å². The van der Waals surface area contributed by atoms with Gasteiger partial charge in [0.25, 0.3) is 5.91 Å². The number of benzene rings is 3. The Hall–Kier alpha value is -3.46. The van der Waals surface area contributed by atoms with Crippen LogP contribution >= 0.6 is 23.7 Å². The van der Waals surface area contributed by atoms with E-state index < -0.39 is 11.6 Å². The molecule has 2 heterocycles. The van der Waals surface area contributed by atoms with E-state index in [1.165, 1.54) is 6.07 Å². The SMILES string of the molecule is CN(C)CCN(C(=O)c1cc(-c2ccccc2)nc2ccccc12)c1nc2c(F)cc(F)cc2s1.Cl. The highest BCUT2D eigenvalue weighted by Gasteiger charge is 2.25. The molecule has 0 saturated heterocycles. The summed E-state index contributed by atoms with van der Waals surface area (Å²) < 4.78 is 28.6. The zero-order chi connectivity index (χ0) is 24.5. The fourth-order valence-corrected chi connectivity index (χ4v) is 4.93. The molecule has 5 rings (SSSR count). The normalized spacial score (nSPS) is 11.1. The molecule has 9 heteroatoms. The Bertz CT molecular complexity index is 1540. The molecule has 0 aliphatic carbocycles. The van der Waals surface area contributed by atoms with Crippen LogP contribution in [-0.2, 0) is 0 Å². The summed E-state index contributed by atoms with van der Waals surface area (Å²) in [6.45, 7) is 0.889. The van der Waals surface area contributed by atoms with Gasteiger partial charge in [0, 0.05) is 30.1 Å². The molecular weight excluding hydrogens is 502 g/mol. The molecule has 184 valence electrons. The number of carbonyl (C=O) groups is 1. The number of hydrogen-bond acceptors (Lipinski definition) is 5. The Labute approximate surface area is 217 Å². The Kier molecular flexibility index (Phi) is 7.59. The number of aromatic nitrogens is 2. The fraction of sp³-hybridized carbons (Fsp3) is 0.148. The molecule has 0 unspecified atom stereocenters. The van der Waals surface area contributed by atoms with E-state index in [2.05, 4.69) is 4.98 Å². The summed E-state index contributed by atoms with van der Waals surface area (Å²) in [6, 6.07) is 21.0. The highest BCUT2D eigenvalue weighted by molar-refractivity contribution is 7.22. The van der Waals surface area contributed by atoms with Crippen molar-refractivity contribution >= 4 is 55.9 Å². The average Bonchev–Trinajstić information content (AvgIpc) is 3.27. The average molecular weight is 525 g/mol. The lowest BCUT2D eigenvalue weighted by Gasteiger charge is -2.23. The van der Waals surface area contributed by atoms with Gasteiger partial charge in [-0.2, -0.15) is 0 Å². The van der Waals surface area contributed by atoms with E-state index in [-0.39, 0.29) is 23.8 Å². The number of pyridine rings is 1. The molecule has 0 fully saturated rings. The molecule has 0 atom stereocenters. The molecule has 3 aromatic carbocycles. The van der Waals surface area contributed by atoms with Crippen LogP contribution in [0.2, 0.25) is 0 Å². The Balaban J connectivity index is 0.00000304. The van der Waals surface area contributed by atoms with Crippen molar-refractivity contribution in [3.8, 4) is 11.3 Å². The number of halogens is 3. The summed E-state index contributed by atoms with van der Waals surface area (Å²) in [7, 11) is 3.82. The van der Waals surface area contributed by atoms with Gasteiger partial charge in [-0.3, -0.25) is 9.69 Å². The number of rotatable bonds is 6. The molecule has 0 N–H and O–H groups in total. The molecule has 0 radical (unpaired) electrons. The minimum atomic E-state index is -0.747. The maximum atomic E-state index is 14.4. The zero-order valence-corrected chi connectivity index (χ0v) is 21.2. The van der Waals surface area contributed by atoms with Crippen molar-refractivity contribution in [1.29, 1.82) is 0 Å². The lowest BCUT2D eigenvalue weighted by molar-refractivity contribution is 0.0986. The first kappa shape index (κ1) is 25.6. The van der Waals surface area contributed by atoms with Gasteiger partial charge in [-0.05, 0) is 32.3 Å². The summed E-state index contributed by atoms with van der Waals surface area (Å²) in [5.74, 6) is -1.70. The van der Waals surface area contributed by atoms with E-state index in [0.29, 0.717) is 45.1 Å². The first-order valence-corrected chi connectivity index (χ1v) is 11.9. The van der Waals surface area contributed by atoms with Gasteiger partial charge in [-0.25, -0.2) is 18.7 Å². The van der Waals surface area contributed by atoms with Gasteiger partial charge in [0.15, 0.2) is 10.9 Å². The van der Waals surface area contributed by atoms with Crippen LogP contribution in [0.1, 0.15) is 10.4 Å². The monoisotopic (exact) mass is 524 g/mol. The van der Waals surface area contributed by atoms with Crippen molar-refractivity contribution in [1.82, 2.24) is 14.9 Å². The van der Waals surface area contributed by atoms with Gasteiger partial charge < -0.3 is 4.90 Å². The lowest BCUT2D eigenvalue weighted by Crippen LogP contribution is -2.37. The van der Waals surface area contributed by atoms with Crippen LogP contribution in [0.25, 0.3) is 32.4 Å². The predicted molar refractivity (Wildman–Crippen MR) is 144 cm³/mol. The summed E-state index contributed by atoms with van der Waals surface area (Å²) >= 11 is 1.09. The highest BCUT2D eigenvalue weighted by Crippen LogP contribution is 2.33. The quantitative estimate of drug-likeness (QED) is 0.257. The molecular formula is C27H23ClF2N4OS. The van der Waals surface area contributed by atoms with Gasteiger partial charge in [0.1, 0.15) is 11.3 Å². The lowest BCUT2D eigenvalue weighted by atomic mass is 10.0. The zero-order valence-electron chi connectivity index (χ0n) is 19.6. The molecule has 1 amide bonds. The Morgan fingerprint density at radius 3 is 2.39 bits per heavy atom. The van der Waals surface area contributed by atoms with Crippen LogP contribution in [0.15, 0.2) is 72.8 Å². The van der Waals surface area contributed by atoms with Crippen molar-refractivity contribution in [2.45, 2.75) is 0 Å². The van der Waals surface area contributed by atoms with Crippen molar-refractivity contribution in [3.63, 3.8) is 0 Å². The summed E-state index contributed by atoms with van der Waals surface area (Å²) in [6.07, 6.45) is 0. The largest absolute Gasteiger partial charge is 0.308 e. The summed E-state index contributed by atoms with van der Waals surface area (Å²) in [5.41, 5.74) is 2.79. The van der Waals surface area contributed by atoms with E-state index in [9.17, 15) is 13.6 Å². The van der Waals surface area contributed by atoms with Gasteiger partial charge in [-0.1, -0.05) is 59.9 Å². The smallest absolute Gasteiger partial charge is 0.260 e. The van der Waals surface area contributed by atoms with Crippen molar-refractivity contribution in [3.05, 3.63) is 90.0 Å². The molecule has 0 spiro atoms. The predicted octanol–water partition coefficient (Wildman–Crippen LogP) is 6.42. The third-order valence-corrected chi connectivity index (χ3v) is 6.69. The molecule has 0 aliphatic rings. The summed E-state index contributed by atoms with van der Waals surface area (Å²) in [5, 5.41) is 1.03. The number of thiazole rings is 1. The molecule has 0 bridgehead atoms. The van der Waals surface area contributed by atoms with Crippen LogP contribution in [0.4, 0.5) is 13.9 Å². The third kappa shape index (κ3) is 5.06. The maximum Gasteiger partial charge on any atom is 0.260 e. The molecule has 36 heavy (non-hydrogen) atoms. The highest BCUT2D eigenvalue weighted by atomic mass is 35.5. The number of fused-ring (bicyclic) bond motifs is 2.